The van der Waals surface area contributed by atoms with Gasteiger partial charge in [-0.25, -0.2) is 0 Å². The number of aliphatic imine (C=N–C) groups is 1. The summed E-state index contributed by atoms with van der Waals surface area (Å²) in [5.74, 6) is 0.855. The Morgan fingerprint density at radius 3 is 2.74 bits per heavy atom. The van der Waals surface area contributed by atoms with Crippen LogP contribution in [0.4, 0.5) is 5.69 Å². The van der Waals surface area contributed by atoms with Crippen LogP contribution in [0, 0.1) is 0 Å². The molecule has 0 aliphatic heterocycles. The Bertz CT molecular complexity index is 545. The molecule has 0 radical (unpaired) electrons. The molecule has 1 heterocycles. The fraction of sp³-hybridized carbons (Fsp3) is 0.267. The Balaban J connectivity index is 2.21. The number of methoxy groups -OCH3 is 1. The van der Waals surface area contributed by atoms with Crippen molar-refractivity contribution in [3.8, 4) is 5.75 Å². The molecule has 0 unspecified atom stereocenters. The molecule has 1 aromatic heterocycles. The number of H-pyrrole nitrogens is 1. The third-order valence-electron chi connectivity index (χ3n) is 2.85. The average Bonchev–Trinajstić information content (AvgIpc) is 2.91. The van der Waals surface area contributed by atoms with Gasteiger partial charge in [0.05, 0.1) is 19.3 Å². The molecule has 0 saturated heterocycles. The van der Waals surface area contributed by atoms with Gasteiger partial charge in [-0.15, -0.1) is 0 Å². The van der Waals surface area contributed by atoms with Crippen LogP contribution < -0.4 is 9.64 Å². The molecule has 0 spiro atoms. The Morgan fingerprint density at radius 1 is 1.26 bits per heavy atom. The summed E-state index contributed by atoms with van der Waals surface area (Å²) in [6.45, 7) is 0.650. The van der Waals surface area contributed by atoms with Crippen LogP contribution in [0.15, 0.2) is 41.5 Å². The molecule has 0 fully saturated rings. The van der Waals surface area contributed by atoms with Crippen LogP contribution in [0.5, 0.6) is 5.75 Å². The number of para-hydroxylation sites is 1. The van der Waals surface area contributed by atoms with Gasteiger partial charge in [0, 0.05) is 37.8 Å². The molecule has 100 valence electrons. The van der Waals surface area contributed by atoms with Crippen LogP contribution in [0.2, 0.25) is 0 Å². The zero-order valence-corrected chi connectivity index (χ0v) is 11.6. The molecule has 2 aromatic rings. The Kier molecular flexibility index (Phi) is 4.23. The predicted molar refractivity (Wildman–Crippen MR) is 79.4 cm³/mol. The lowest BCUT2D eigenvalue weighted by molar-refractivity contribution is 0.415. The van der Waals surface area contributed by atoms with Gasteiger partial charge in [-0.3, -0.25) is 4.99 Å². The SMILES string of the molecule is COc1cccc(C=NCc2ccc[nH]2)c1N(C)C. The first kappa shape index (κ1) is 13.2. The highest BCUT2D eigenvalue weighted by Gasteiger charge is 2.09. The normalized spacial score (nSPS) is 10.9. The van der Waals surface area contributed by atoms with Gasteiger partial charge in [0.25, 0.3) is 0 Å². The van der Waals surface area contributed by atoms with Gasteiger partial charge in [0.1, 0.15) is 5.75 Å². The van der Waals surface area contributed by atoms with Gasteiger partial charge in [-0.2, -0.15) is 0 Å². The van der Waals surface area contributed by atoms with E-state index in [9.17, 15) is 0 Å². The van der Waals surface area contributed by atoms with Gasteiger partial charge in [-0.1, -0.05) is 12.1 Å². The van der Waals surface area contributed by atoms with Crippen LogP contribution in [-0.2, 0) is 6.54 Å². The Hall–Kier alpha value is -2.23. The molecular weight excluding hydrogens is 238 g/mol. The largest absolute Gasteiger partial charge is 0.495 e. The van der Waals surface area contributed by atoms with Crippen LogP contribution in [0.25, 0.3) is 0 Å². The van der Waals surface area contributed by atoms with Crippen molar-refractivity contribution < 1.29 is 4.74 Å². The molecule has 0 amide bonds. The number of ether oxygens (including phenoxy) is 1. The first-order valence-corrected chi connectivity index (χ1v) is 6.19. The van der Waals surface area contributed by atoms with E-state index in [0.29, 0.717) is 6.54 Å². The quantitative estimate of drug-likeness (QED) is 0.837. The third-order valence-corrected chi connectivity index (χ3v) is 2.85. The van der Waals surface area contributed by atoms with Crippen molar-refractivity contribution in [3.63, 3.8) is 0 Å². The average molecular weight is 257 g/mol. The molecule has 0 atom stereocenters. The third kappa shape index (κ3) is 3.16. The molecular formula is C15H19N3O. The second kappa shape index (κ2) is 6.09. The maximum absolute atomic E-state index is 5.39. The lowest BCUT2D eigenvalue weighted by atomic mass is 10.1. The van der Waals surface area contributed by atoms with Gasteiger partial charge >= 0.3 is 0 Å². The predicted octanol–water partition coefficient (Wildman–Crippen LogP) is 2.71. The topological polar surface area (TPSA) is 40.6 Å². The molecule has 1 aromatic carbocycles. The molecule has 19 heavy (non-hydrogen) atoms. The van der Waals surface area contributed by atoms with Crippen LogP contribution in [0.1, 0.15) is 11.3 Å². The number of nitrogens with one attached hydrogen (secondary N) is 1. The summed E-state index contributed by atoms with van der Waals surface area (Å²) < 4.78 is 5.39. The van der Waals surface area contributed by atoms with Crippen LogP contribution in [0.3, 0.4) is 0 Å². The standard InChI is InChI=1S/C15H19N3O/c1-18(2)15-12(6-4-8-14(15)19-3)10-16-11-13-7-5-9-17-13/h4-10,17H,11H2,1-3H3. The monoisotopic (exact) mass is 257 g/mol. The van der Waals surface area contributed by atoms with E-state index >= 15 is 0 Å². The maximum Gasteiger partial charge on any atom is 0.142 e. The lowest BCUT2D eigenvalue weighted by Crippen LogP contribution is -2.12. The Morgan fingerprint density at radius 2 is 2.11 bits per heavy atom. The number of anilines is 1. The summed E-state index contributed by atoms with van der Waals surface area (Å²) in [5.41, 5.74) is 3.20. The Labute approximate surface area is 113 Å². The van der Waals surface area contributed by atoms with Gasteiger partial charge in [-0.05, 0) is 18.2 Å². The number of hydrogen-bond acceptors (Lipinski definition) is 3. The summed E-state index contributed by atoms with van der Waals surface area (Å²) in [5, 5.41) is 0. The lowest BCUT2D eigenvalue weighted by Gasteiger charge is -2.18. The minimum atomic E-state index is 0.650. The van der Waals surface area contributed by atoms with Crippen molar-refractivity contribution in [2.75, 3.05) is 26.1 Å². The second-order valence-corrected chi connectivity index (χ2v) is 4.46. The zero-order chi connectivity index (χ0) is 13.7. The summed E-state index contributed by atoms with van der Waals surface area (Å²) >= 11 is 0. The number of rotatable bonds is 5. The number of nitrogens with zero attached hydrogens (tertiary/aromatic N) is 2. The molecule has 0 aliphatic carbocycles. The summed E-state index contributed by atoms with van der Waals surface area (Å²) in [6, 6.07) is 9.97. The first-order valence-electron chi connectivity index (χ1n) is 6.19. The van der Waals surface area contributed by atoms with E-state index < -0.39 is 0 Å². The molecule has 0 saturated carbocycles. The fourth-order valence-corrected chi connectivity index (χ4v) is 1.99. The van der Waals surface area contributed by atoms with E-state index in [-0.39, 0.29) is 0 Å². The van der Waals surface area contributed by atoms with Crippen molar-refractivity contribution in [3.05, 3.63) is 47.8 Å². The van der Waals surface area contributed by atoms with E-state index in [2.05, 4.69) is 9.98 Å². The molecule has 1 N–H and O–H groups in total. The van der Waals surface area contributed by atoms with Gasteiger partial charge < -0.3 is 14.6 Å². The molecule has 4 heteroatoms. The second-order valence-electron chi connectivity index (χ2n) is 4.46. The van der Waals surface area contributed by atoms with Crippen molar-refractivity contribution in [2.24, 2.45) is 4.99 Å². The minimum Gasteiger partial charge on any atom is -0.495 e. The van der Waals surface area contributed by atoms with Crippen molar-refractivity contribution in [1.82, 2.24) is 4.98 Å². The van der Waals surface area contributed by atoms with Crippen LogP contribution in [-0.4, -0.2) is 32.4 Å². The molecule has 2 rings (SSSR count). The molecule has 0 bridgehead atoms. The number of aromatic amines is 1. The van der Waals surface area contributed by atoms with Crippen molar-refractivity contribution in [2.45, 2.75) is 6.54 Å². The number of hydrogen-bond donors (Lipinski definition) is 1. The molecule has 0 aliphatic rings. The van der Waals surface area contributed by atoms with Crippen LogP contribution >= 0.6 is 0 Å². The maximum atomic E-state index is 5.39. The zero-order valence-electron chi connectivity index (χ0n) is 11.6. The summed E-state index contributed by atoms with van der Waals surface area (Å²) in [6.07, 6.45) is 3.79. The summed E-state index contributed by atoms with van der Waals surface area (Å²) in [7, 11) is 5.68. The highest BCUT2D eigenvalue weighted by Crippen LogP contribution is 2.29. The number of aromatic nitrogens is 1. The molecule has 4 nitrogen and oxygen atoms in total. The highest BCUT2D eigenvalue weighted by molar-refractivity contribution is 5.90. The van der Waals surface area contributed by atoms with Crippen molar-refractivity contribution in [1.29, 1.82) is 0 Å². The minimum absolute atomic E-state index is 0.650. The van der Waals surface area contributed by atoms with Crippen molar-refractivity contribution >= 4 is 11.9 Å². The van der Waals surface area contributed by atoms with E-state index in [1.165, 1.54) is 0 Å². The smallest absolute Gasteiger partial charge is 0.142 e. The van der Waals surface area contributed by atoms with E-state index in [1.807, 2.05) is 61.7 Å². The van der Waals surface area contributed by atoms with Gasteiger partial charge in [0.15, 0.2) is 0 Å². The summed E-state index contributed by atoms with van der Waals surface area (Å²) in [4.78, 5) is 9.64. The number of benzene rings is 1. The van der Waals surface area contributed by atoms with E-state index in [1.54, 1.807) is 7.11 Å². The van der Waals surface area contributed by atoms with Gasteiger partial charge in [0.2, 0.25) is 0 Å². The first-order chi connectivity index (χ1) is 9.22. The fourth-order valence-electron chi connectivity index (χ4n) is 1.99. The van der Waals surface area contributed by atoms with E-state index in [0.717, 1.165) is 22.7 Å². The highest BCUT2D eigenvalue weighted by atomic mass is 16.5. The van der Waals surface area contributed by atoms with E-state index in [4.69, 9.17) is 4.74 Å².